The van der Waals surface area contributed by atoms with Crippen molar-refractivity contribution in [2.45, 2.75) is 32.6 Å². The van der Waals surface area contributed by atoms with Crippen LogP contribution in [-0.4, -0.2) is 20.2 Å². The molecule has 0 saturated heterocycles. The second kappa shape index (κ2) is 6.13. The lowest BCUT2D eigenvalue weighted by molar-refractivity contribution is 0.321. The number of ether oxygens (including phenoxy) is 1. The Bertz CT molecular complexity index is 430. The molecule has 0 aliphatic heterocycles. The third kappa shape index (κ3) is 3.31. The molecule has 1 aliphatic carbocycles. The van der Waals surface area contributed by atoms with Gasteiger partial charge in [-0.1, -0.05) is 12.8 Å². The van der Waals surface area contributed by atoms with Crippen LogP contribution in [0, 0.1) is 11.7 Å². The molecule has 2 N–H and O–H groups in total. The molecule has 4 heteroatoms. The minimum atomic E-state index is -0.391. The van der Waals surface area contributed by atoms with E-state index in [4.69, 9.17) is 10.5 Å². The van der Waals surface area contributed by atoms with E-state index >= 15 is 0 Å². The van der Waals surface area contributed by atoms with Gasteiger partial charge in [-0.2, -0.15) is 0 Å². The molecule has 0 radical (unpaired) electrons. The number of nitrogen functional groups attached to an aromatic ring is 1. The van der Waals surface area contributed by atoms with E-state index in [2.05, 4.69) is 4.90 Å². The van der Waals surface area contributed by atoms with Crippen molar-refractivity contribution in [2.75, 3.05) is 30.8 Å². The van der Waals surface area contributed by atoms with Gasteiger partial charge in [0.25, 0.3) is 0 Å². The highest BCUT2D eigenvalue weighted by atomic mass is 19.1. The van der Waals surface area contributed by atoms with Gasteiger partial charge in [0.2, 0.25) is 0 Å². The number of benzene rings is 1. The van der Waals surface area contributed by atoms with E-state index in [1.165, 1.54) is 31.7 Å². The lowest BCUT2D eigenvalue weighted by Gasteiger charge is -2.25. The lowest BCUT2D eigenvalue weighted by atomic mass is 10.1. The highest BCUT2D eigenvalue weighted by Gasteiger charge is 2.19. The van der Waals surface area contributed by atoms with Crippen molar-refractivity contribution in [1.82, 2.24) is 0 Å². The third-order valence-corrected chi connectivity index (χ3v) is 3.80. The fraction of sp³-hybridized carbons (Fsp3) is 0.600. The Balaban J connectivity index is 2.14. The maximum absolute atomic E-state index is 13.7. The monoisotopic (exact) mass is 266 g/mol. The maximum Gasteiger partial charge on any atom is 0.167 e. The van der Waals surface area contributed by atoms with Gasteiger partial charge in [0, 0.05) is 25.7 Å². The Morgan fingerprint density at radius 1 is 1.37 bits per heavy atom. The molecule has 3 nitrogen and oxygen atoms in total. The van der Waals surface area contributed by atoms with E-state index < -0.39 is 5.82 Å². The quantitative estimate of drug-likeness (QED) is 0.830. The molecule has 0 aromatic heterocycles. The molecular weight excluding hydrogens is 243 g/mol. The molecule has 1 saturated carbocycles. The smallest absolute Gasteiger partial charge is 0.167 e. The summed E-state index contributed by atoms with van der Waals surface area (Å²) < 4.78 is 19.0. The summed E-state index contributed by atoms with van der Waals surface area (Å²) in [5, 5.41) is 0. The van der Waals surface area contributed by atoms with Crippen molar-refractivity contribution in [3.05, 3.63) is 17.9 Å². The van der Waals surface area contributed by atoms with Gasteiger partial charge in [0.15, 0.2) is 11.6 Å². The molecule has 0 amide bonds. The molecule has 1 aromatic carbocycles. The van der Waals surface area contributed by atoms with Gasteiger partial charge < -0.3 is 15.4 Å². The van der Waals surface area contributed by atoms with Crippen LogP contribution >= 0.6 is 0 Å². The Kier molecular flexibility index (Phi) is 4.51. The first kappa shape index (κ1) is 14.0. The van der Waals surface area contributed by atoms with E-state index in [0.717, 1.165) is 18.2 Å². The number of hydrogen-bond acceptors (Lipinski definition) is 3. The summed E-state index contributed by atoms with van der Waals surface area (Å²) in [6.45, 7) is 3.27. The van der Waals surface area contributed by atoms with Crippen LogP contribution in [0.5, 0.6) is 5.75 Å². The van der Waals surface area contributed by atoms with Gasteiger partial charge in [-0.25, -0.2) is 4.39 Å². The van der Waals surface area contributed by atoms with Gasteiger partial charge in [0.1, 0.15) is 0 Å². The van der Waals surface area contributed by atoms with Crippen LogP contribution in [0.25, 0.3) is 0 Å². The van der Waals surface area contributed by atoms with Crippen LogP contribution in [0.4, 0.5) is 15.8 Å². The first-order valence-corrected chi connectivity index (χ1v) is 7.04. The zero-order valence-electron chi connectivity index (χ0n) is 11.8. The molecule has 1 aliphatic rings. The van der Waals surface area contributed by atoms with E-state index in [1.54, 1.807) is 6.07 Å². The van der Waals surface area contributed by atoms with Crippen molar-refractivity contribution < 1.29 is 9.13 Å². The summed E-state index contributed by atoms with van der Waals surface area (Å²) in [7, 11) is 2.01. The van der Waals surface area contributed by atoms with Gasteiger partial charge in [-0.3, -0.25) is 0 Å². The van der Waals surface area contributed by atoms with Crippen LogP contribution in [0.3, 0.4) is 0 Å². The molecule has 0 spiro atoms. The van der Waals surface area contributed by atoms with Gasteiger partial charge in [-0.15, -0.1) is 0 Å². The number of halogens is 1. The van der Waals surface area contributed by atoms with Crippen molar-refractivity contribution in [1.29, 1.82) is 0 Å². The third-order valence-electron chi connectivity index (χ3n) is 3.80. The predicted molar refractivity (Wildman–Crippen MR) is 77.2 cm³/mol. The van der Waals surface area contributed by atoms with Gasteiger partial charge in [-0.05, 0) is 25.7 Å². The Labute approximate surface area is 114 Å². The molecule has 106 valence electrons. The van der Waals surface area contributed by atoms with Crippen LogP contribution in [0.15, 0.2) is 12.1 Å². The minimum Gasteiger partial charge on any atom is -0.491 e. The summed E-state index contributed by atoms with van der Waals surface area (Å²) in [6.07, 6.45) is 5.21. The normalized spacial score (nSPS) is 15.7. The summed E-state index contributed by atoms with van der Waals surface area (Å²) in [5.41, 5.74) is 7.26. The van der Waals surface area contributed by atoms with Gasteiger partial charge in [0.05, 0.1) is 18.0 Å². The second-order valence-corrected chi connectivity index (χ2v) is 5.31. The number of rotatable bonds is 5. The van der Waals surface area contributed by atoms with E-state index in [0.29, 0.717) is 12.3 Å². The summed E-state index contributed by atoms with van der Waals surface area (Å²) in [5.74, 6) is 0.618. The zero-order valence-corrected chi connectivity index (χ0v) is 11.8. The molecule has 1 fully saturated rings. The first-order chi connectivity index (χ1) is 9.11. The molecule has 19 heavy (non-hydrogen) atoms. The average molecular weight is 266 g/mol. The lowest BCUT2D eigenvalue weighted by Crippen LogP contribution is -2.25. The average Bonchev–Trinajstić information content (AvgIpc) is 2.85. The summed E-state index contributed by atoms with van der Waals surface area (Å²) in [4.78, 5) is 2.12. The molecule has 0 bridgehead atoms. The fourth-order valence-corrected chi connectivity index (χ4v) is 2.83. The predicted octanol–water partition coefficient (Wildman–Crippen LogP) is 3.43. The van der Waals surface area contributed by atoms with Crippen LogP contribution in [-0.2, 0) is 0 Å². The topological polar surface area (TPSA) is 38.5 Å². The van der Waals surface area contributed by atoms with Crippen molar-refractivity contribution in [2.24, 2.45) is 5.92 Å². The van der Waals surface area contributed by atoms with E-state index in [1.807, 2.05) is 14.0 Å². The molecular formula is C15H23FN2O. The first-order valence-electron chi connectivity index (χ1n) is 7.04. The Morgan fingerprint density at radius 2 is 2.05 bits per heavy atom. The Morgan fingerprint density at radius 3 is 2.68 bits per heavy atom. The largest absolute Gasteiger partial charge is 0.491 e. The highest BCUT2D eigenvalue weighted by molar-refractivity contribution is 5.69. The second-order valence-electron chi connectivity index (χ2n) is 5.31. The highest BCUT2D eigenvalue weighted by Crippen LogP contribution is 2.33. The van der Waals surface area contributed by atoms with Gasteiger partial charge >= 0.3 is 0 Å². The number of nitrogens with two attached hydrogens (primary N) is 1. The van der Waals surface area contributed by atoms with Crippen LogP contribution in [0.1, 0.15) is 32.6 Å². The molecule has 0 unspecified atom stereocenters. The standard InChI is InChI=1S/C15H23FN2O/c1-3-19-15-9-14(13(17)8-12(15)16)18(2)10-11-6-4-5-7-11/h8-9,11H,3-7,10,17H2,1-2H3. The molecule has 0 heterocycles. The molecule has 1 aromatic rings. The number of anilines is 2. The fourth-order valence-electron chi connectivity index (χ4n) is 2.83. The number of hydrogen-bond donors (Lipinski definition) is 1. The SMILES string of the molecule is CCOc1cc(N(C)CC2CCCC2)c(N)cc1F. The zero-order chi connectivity index (χ0) is 13.8. The summed E-state index contributed by atoms with van der Waals surface area (Å²) >= 11 is 0. The van der Waals surface area contributed by atoms with Crippen molar-refractivity contribution in [3.63, 3.8) is 0 Å². The van der Waals surface area contributed by atoms with Crippen LogP contribution in [0.2, 0.25) is 0 Å². The minimum absolute atomic E-state index is 0.282. The van der Waals surface area contributed by atoms with E-state index in [-0.39, 0.29) is 5.75 Å². The molecule has 2 rings (SSSR count). The number of nitrogens with zero attached hydrogens (tertiary/aromatic N) is 1. The maximum atomic E-state index is 13.7. The van der Waals surface area contributed by atoms with Crippen LogP contribution < -0.4 is 15.4 Å². The Hall–Kier alpha value is -1.45. The van der Waals surface area contributed by atoms with E-state index in [9.17, 15) is 4.39 Å². The van der Waals surface area contributed by atoms with Crippen molar-refractivity contribution in [3.8, 4) is 5.75 Å². The summed E-state index contributed by atoms with van der Waals surface area (Å²) in [6, 6.07) is 3.06. The molecule has 0 atom stereocenters. The van der Waals surface area contributed by atoms with Crippen molar-refractivity contribution >= 4 is 11.4 Å².